The zero-order valence-corrected chi connectivity index (χ0v) is 12.9. The molecule has 1 amide bonds. The van der Waals surface area contributed by atoms with Crippen molar-refractivity contribution in [2.24, 2.45) is 0 Å². The van der Waals surface area contributed by atoms with Crippen molar-refractivity contribution in [2.45, 2.75) is 32.2 Å². The Balaban J connectivity index is 1.80. The predicted molar refractivity (Wildman–Crippen MR) is 85.5 cm³/mol. The van der Waals surface area contributed by atoms with Crippen molar-refractivity contribution in [1.29, 1.82) is 0 Å². The average molecular weight is 310 g/mol. The maximum atomic E-state index is 12.4. The normalized spacial score (nSPS) is 16.5. The maximum absolute atomic E-state index is 12.4. The summed E-state index contributed by atoms with van der Waals surface area (Å²) in [5.41, 5.74) is 3.13. The highest BCUT2D eigenvalue weighted by molar-refractivity contribution is 5.94. The zero-order chi connectivity index (χ0) is 16.4. The van der Waals surface area contributed by atoms with E-state index in [0.717, 1.165) is 24.8 Å². The topological polar surface area (TPSA) is 79.3 Å². The van der Waals surface area contributed by atoms with Crippen LogP contribution in [0.2, 0.25) is 0 Å². The Kier molecular flexibility index (Phi) is 4.10. The summed E-state index contributed by atoms with van der Waals surface area (Å²) in [6.45, 7) is 1.59. The number of nitrogens with one attached hydrogen (secondary N) is 1. The van der Waals surface area contributed by atoms with Crippen molar-refractivity contribution >= 4 is 11.9 Å². The number of hydrogen-bond acceptors (Lipinski definition) is 3. The van der Waals surface area contributed by atoms with E-state index >= 15 is 0 Å². The number of aryl methyl sites for hydroxylation is 2. The lowest BCUT2D eigenvalue weighted by Gasteiger charge is -2.26. The van der Waals surface area contributed by atoms with Crippen LogP contribution in [0.3, 0.4) is 0 Å². The fourth-order valence-electron chi connectivity index (χ4n) is 3.05. The highest BCUT2D eigenvalue weighted by atomic mass is 16.4. The number of aromatic carboxylic acids is 1. The lowest BCUT2D eigenvalue weighted by Crippen LogP contribution is -2.31. The fraction of sp³-hybridized carbons (Fsp3) is 0.278. The first-order valence-electron chi connectivity index (χ1n) is 7.66. The molecule has 5 heteroatoms. The molecule has 5 nitrogen and oxygen atoms in total. The van der Waals surface area contributed by atoms with Crippen molar-refractivity contribution < 1.29 is 14.7 Å². The van der Waals surface area contributed by atoms with Gasteiger partial charge in [-0.1, -0.05) is 24.3 Å². The molecule has 3 rings (SSSR count). The summed E-state index contributed by atoms with van der Waals surface area (Å²) in [4.78, 5) is 27.6. The second-order valence-electron chi connectivity index (χ2n) is 5.75. The monoisotopic (exact) mass is 310 g/mol. The second-order valence-corrected chi connectivity index (χ2v) is 5.75. The molecule has 1 heterocycles. The van der Waals surface area contributed by atoms with Crippen LogP contribution >= 0.6 is 0 Å². The molecule has 0 saturated heterocycles. The number of pyridine rings is 1. The zero-order valence-electron chi connectivity index (χ0n) is 12.9. The first-order valence-corrected chi connectivity index (χ1v) is 7.66. The van der Waals surface area contributed by atoms with Crippen LogP contribution in [0.1, 0.15) is 56.6 Å². The fourth-order valence-corrected chi connectivity index (χ4v) is 3.05. The van der Waals surface area contributed by atoms with Crippen LogP contribution in [0.5, 0.6) is 0 Å². The largest absolute Gasteiger partial charge is 0.478 e. The Labute approximate surface area is 134 Å². The van der Waals surface area contributed by atoms with Crippen LogP contribution in [0.15, 0.2) is 36.4 Å². The molecule has 1 unspecified atom stereocenters. The summed E-state index contributed by atoms with van der Waals surface area (Å²) in [5, 5.41) is 12.0. The number of aromatic nitrogens is 1. The smallest absolute Gasteiger partial charge is 0.337 e. The van der Waals surface area contributed by atoms with Gasteiger partial charge in [0.15, 0.2) is 0 Å². The summed E-state index contributed by atoms with van der Waals surface area (Å²) in [6, 6.07) is 11.0. The molecule has 1 atom stereocenters. The number of fused-ring (bicyclic) bond motifs is 1. The minimum Gasteiger partial charge on any atom is -0.478 e. The molecule has 0 radical (unpaired) electrons. The molecule has 1 aromatic carbocycles. The van der Waals surface area contributed by atoms with Gasteiger partial charge in [0.2, 0.25) is 0 Å². The number of amides is 1. The van der Waals surface area contributed by atoms with Crippen LogP contribution in [0.25, 0.3) is 0 Å². The number of hydrogen-bond donors (Lipinski definition) is 2. The molecule has 0 aliphatic heterocycles. The second kappa shape index (κ2) is 6.20. The molecular formula is C18H18N2O3. The first-order chi connectivity index (χ1) is 11.1. The number of rotatable bonds is 3. The van der Waals surface area contributed by atoms with Crippen LogP contribution in [0, 0.1) is 6.92 Å². The van der Waals surface area contributed by atoms with E-state index in [2.05, 4.69) is 16.4 Å². The SMILES string of the molecule is Cc1nc(C(=O)NC2CCCc3ccccc32)ccc1C(=O)O. The van der Waals surface area contributed by atoms with Gasteiger partial charge in [-0.15, -0.1) is 0 Å². The third-order valence-electron chi connectivity index (χ3n) is 4.22. The van der Waals surface area contributed by atoms with Crippen molar-refractivity contribution in [3.8, 4) is 0 Å². The summed E-state index contributed by atoms with van der Waals surface area (Å²) in [6.07, 6.45) is 2.97. The summed E-state index contributed by atoms with van der Waals surface area (Å²) < 4.78 is 0. The van der Waals surface area contributed by atoms with E-state index in [9.17, 15) is 9.59 Å². The van der Waals surface area contributed by atoms with Crippen molar-refractivity contribution in [2.75, 3.05) is 0 Å². The van der Waals surface area contributed by atoms with Gasteiger partial charge in [-0.2, -0.15) is 0 Å². The molecule has 0 bridgehead atoms. The van der Waals surface area contributed by atoms with Gasteiger partial charge in [0.25, 0.3) is 5.91 Å². The molecule has 1 aliphatic rings. The molecule has 1 aliphatic carbocycles. The standard InChI is InChI=1S/C18H18N2O3/c1-11-13(18(22)23)9-10-16(19-11)17(21)20-15-8-4-6-12-5-2-3-7-14(12)15/h2-3,5,7,9-10,15H,4,6,8H2,1H3,(H,20,21)(H,22,23). The molecule has 1 aromatic heterocycles. The Morgan fingerprint density at radius 3 is 2.74 bits per heavy atom. The quantitative estimate of drug-likeness (QED) is 0.913. The molecular weight excluding hydrogens is 292 g/mol. The van der Waals surface area contributed by atoms with Crippen LogP contribution in [-0.4, -0.2) is 22.0 Å². The third kappa shape index (κ3) is 3.08. The van der Waals surface area contributed by atoms with E-state index in [1.165, 1.54) is 17.7 Å². The van der Waals surface area contributed by atoms with Gasteiger partial charge in [-0.25, -0.2) is 9.78 Å². The summed E-state index contributed by atoms with van der Waals surface area (Å²) in [5.74, 6) is -1.31. The number of benzene rings is 1. The lowest BCUT2D eigenvalue weighted by atomic mass is 9.87. The number of carbonyl (C=O) groups is 2. The highest BCUT2D eigenvalue weighted by Crippen LogP contribution is 2.29. The molecule has 2 aromatic rings. The molecule has 0 spiro atoms. The maximum Gasteiger partial charge on any atom is 0.337 e. The van der Waals surface area contributed by atoms with E-state index in [1.54, 1.807) is 6.92 Å². The van der Waals surface area contributed by atoms with E-state index in [0.29, 0.717) is 5.69 Å². The van der Waals surface area contributed by atoms with E-state index in [1.807, 2.05) is 18.2 Å². The van der Waals surface area contributed by atoms with Crippen LogP contribution in [0.4, 0.5) is 0 Å². The van der Waals surface area contributed by atoms with E-state index in [4.69, 9.17) is 5.11 Å². The van der Waals surface area contributed by atoms with Gasteiger partial charge in [-0.05, 0) is 49.4 Å². The minimum atomic E-state index is -1.04. The number of nitrogens with zero attached hydrogens (tertiary/aromatic N) is 1. The summed E-state index contributed by atoms with van der Waals surface area (Å²) >= 11 is 0. The Hall–Kier alpha value is -2.69. The van der Waals surface area contributed by atoms with Gasteiger partial charge in [0, 0.05) is 0 Å². The number of carbonyl (C=O) groups excluding carboxylic acids is 1. The number of carboxylic acids is 1. The number of carboxylic acid groups (broad SMARTS) is 1. The Bertz CT molecular complexity index is 771. The molecule has 23 heavy (non-hydrogen) atoms. The first kappa shape index (κ1) is 15.2. The summed E-state index contributed by atoms with van der Waals surface area (Å²) in [7, 11) is 0. The Morgan fingerprint density at radius 1 is 1.22 bits per heavy atom. The van der Waals surface area contributed by atoms with Gasteiger partial charge in [0.1, 0.15) is 5.69 Å². The lowest BCUT2D eigenvalue weighted by molar-refractivity contribution is 0.0694. The van der Waals surface area contributed by atoms with Crippen molar-refractivity contribution in [1.82, 2.24) is 10.3 Å². The highest BCUT2D eigenvalue weighted by Gasteiger charge is 2.22. The van der Waals surface area contributed by atoms with Crippen molar-refractivity contribution in [3.05, 3.63) is 64.5 Å². The van der Waals surface area contributed by atoms with E-state index in [-0.39, 0.29) is 23.2 Å². The van der Waals surface area contributed by atoms with Crippen molar-refractivity contribution in [3.63, 3.8) is 0 Å². The van der Waals surface area contributed by atoms with Gasteiger partial charge in [-0.3, -0.25) is 4.79 Å². The molecule has 0 saturated carbocycles. The average Bonchev–Trinajstić information content (AvgIpc) is 2.54. The Morgan fingerprint density at radius 2 is 2.00 bits per heavy atom. The van der Waals surface area contributed by atoms with Gasteiger partial charge >= 0.3 is 5.97 Å². The van der Waals surface area contributed by atoms with E-state index < -0.39 is 5.97 Å². The molecule has 2 N–H and O–H groups in total. The van der Waals surface area contributed by atoms with Gasteiger partial charge < -0.3 is 10.4 Å². The van der Waals surface area contributed by atoms with Gasteiger partial charge in [0.05, 0.1) is 17.3 Å². The minimum absolute atomic E-state index is 0.0197. The molecule has 118 valence electrons. The van der Waals surface area contributed by atoms with Crippen LogP contribution in [-0.2, 0) is 6.42 Å². The third-order valence-corrected chi connectivity index (χ3v) is 4.22. The predicted octanol–water partition coefficient (Wildman–Crippen LogP) is 2.90. The molecule has 0 fully saturated rings. The van der Waals surface area contributed by atoms with Crippen LogP contribution < -0.4 is 5.32 Å².